The minimum atomic E-state index is 0.596. The Labute approximate surface area is 105 Å². The fourth-order valence-electron chi connectivity index (χ4n) is 3.03. The molecule has 0 aromatic rings. The lowest BCUT2D eigenvalue weighted by Crippen LogP contribution is -2.40. The first-order valence-electron chi connectivity index (χ1n) is 6.99. The highest BCUT2D eigenvalue weighted by Gasteiger charge is 2.25. The number of nitrogens with one attached hydrogen (secondary N) is 1. The van der Waals surface area contributed by atoms with Crippen LogP contribution in [0.25, 0.3) is 0 Å². The first-order valence-corrected chi connectivity index (χ1v) is 8.15. The average molecular weight is 241 g/mol. The quantitative estimate of drug-likeness (QED) is 0.737. The predicted octanol–water partition coefficient (Wildman–Crippen LogP) is 3.83. The van der Waals surface area contributed by atoms with Crippen molar-refractivity contribution in [3.05, 3.63) is 0 Å². The molecule has 0 aromatic carbocycles. The van der Waals surface area contributed by atoms with Gasteiger partial charge in [0.1, 0.15) is 0 Å². The van der Waals surface area contributed by atoms with E-state index in [1.807, 2.05) is 0 Å². The van der Waals surface area contributed by atoms with E-state index in [0.717, 1.165) is 12.1 Å². The van der Waals surface area contributed by atoms with Gasteiger partial charge in [-0.1, -0.05) is 20.3 Å². The van der Waals surface area contributed by atoms with E-state index in [4.69, 9.17) is 0 Å². The van der Waals surface area contributed by atoms with Crippen LogP contribution in [0.3, 0.4) is 0 Å². The molecule has 1 N–H and O–H groups in total. The summed E-state index contributed by atoms with van der Waals surface area (Å²) < 4.78 is 0. The third-order valence-electron chi connectivity index (χ3n) is 4.27. The normalized spacial score (nSPS) is 32.2. The van der Waals surface area contributed by atoms with Crippen molar-refractivity contribution in [3.63, 3.8) is 0 Å². The van der Waals surface area contributed by atoms with Crippen LogP contribution in [0.5, 0.6) is 0 Å². The monoisotopic (exact) mass is 241 g/mol. The van der Waals surface area contributed by atoms with Crippen LogP contribution in [0.1, 0.15) is 58.8 Å². The number of rotatable bonds is 2. The standard InChI is InChI=1S/C14H27NS/c1-14(2)8-3-4-12(5-9-14)15-13-6-10-16-11-7-13/h12-13,15H,3-11H2,1-2H3. The summed E-state index contributed by atoms with van der Waals surface area (Å²) in [6.07, 6.45) is 9.85. The second-order valence-corrected chi connectivity index (χ2v) is 7.57. The molecule has 1 unspecified atom stereocenters. The van der Waals surface area contributed by atoms with Gasteiger partial charge in [0.15, 0.2) is 0 Å². The van der Waals surface area contributed by atoms with Crippen molar-refractivity contribution < 1.29 is 0 Å². The van der Waals surface area contributed by atoms with Gasteiger partial charge in [0.05, 0.1) is 0 Å². The van der Waals surface area contributed by atoms with Gasteiger partial charge in [-0.15, -0.1) is 0 Å². The number of thioether (sulfide) groups is 1. The van der Waals surface area contributed by atoms with Gasteiger partial charge in [0, 0.05) is 12.1 Å². The highest BCUT2D eigenvalue weighted by molar-refractivity contribution is 7.99. The van der Waals surface area contributed by atoms with Gasteiger partial charge in [-0.2, -0.15) is 11.8 Å². The van der Waals surface area contributed by atoms with E-state index in [9.17, 15) is 0 Å². The summed E-state index contributed by atoms with van der Waals surface area (Å²) in [6.45, 7) is 4.87. The maximum absolute atomic E-state index is 3.92. The Balaban J connectivity index is 1.76. The minimum absolute atomic E-state index is 0.596. The lowest BCUT2D eigenvalue weighted by molar-refractivity contribution is 0.305. The molecule has 1 nitrogen and oxygen atoms in total. The van der Waals surface area contributed by atoms with Crippen molar-refractivity contribution in [3.8, 4) is 0 Å². The molecule has 1 saturated heterocycles. The zero-order chi connectivity index (χ0) is 11.4. The Bertz CT molecular complexity index is 209. The minimum Gasteiger partial charge on any atom is -0.311 e. The summed E-state index contributed by atoms with van der Waals surface area (Å²) in [7, 11) is 0. The van der Waals surface area contributed by atoms with Gasteiger partial charge >= 0.3 is 0 Å². The molecule has 94 valence electrons. The van der Waals surface area contributed by atoms with Crippen molar-refractivity contribution in [1.82, 2.24) is 5.32 Å². The van der Waals surface area contributed by atoms with Gasteiger partial charge in [-0.25, -0.2) is 0 Å². The van der Waals surface area contributed by atoms with E-state index < -0.39 is 0 Å². The Morgan fingerprint density at radius 3 is 2.38 bits per heavy atom. The lowest BCUT2D eigenvalue weighted by Gasteiger charge is -2.28. The maximum atomic E-state index is 3.92. The van der Waals surface area contributed by atoms with Crippen LogP contribution in [-0.4, -0.2) is 23.6 Å². The molecule has 0 radical (unpaired) electrons. The van der Waals surface area contributed by atoms with Crippen molar-refractivity contribution in [1.29, 1.82) is 0 Å². The molecule has 2 rings (SSSR count). The van der Waals surface area contributed by atoms with Gasteiger partial charge in [0.2, 0.25) is 0 Å². The number of hydrogen-bond donors (Lipinski definition) is 1. The van der Waals surface area contributed by atoms with Gasteiger partial charge < -0.3 is 5.32 Å². The van der Waals surface area contributed by atoms with Crippen LogP contribution in [0, 0.1) is 5.41 Å². The Hall–Kier alpha value is 0.310. The molecular weight excluding hydrogens is 214 g/mol. The Morgan fingerprint density at radius 2 is 1.62 bits per heavy atom. The van der Waals surface area contributed by atoms with Crippen LogP contribution in [-0.2, 0) is 0 Å². The topological polar surface area (TPSA) is 12.0 Å². The van der Waals surface area contributed by atoms with Crippen LogP contribution < -0.4 is 5.32 Å². The Morgan fingerprint density at radius 1 is 0.938 bits per heavy atom. The molecule has 1 atom stereocenters. The largest absolute Gasteiger partial charge is 0.311 e. The van der Waals surface area contributed by atoms with E-state index in [1.54, 1.807) is 0 Å². The molecule has 16 heavy (non-hydrogen) atoms. The second kappa shape index (κ2) is 5.77. The molecule has 1 aliphatic carbocycles. The lowest BCUT2D eigenvalue weighted by atomic mass is 9.85. The van der Waals surface area contributed by atoms with E-state index in [2.05, 4.69) is 30.9 Å². The zero-order valence-corrected chi connectivity index (χ0v) is 11.7. The van der Waals surface area contributed by atoms with Crippen LogP contribution in [0.2, 0.25) is 0 Å². The molecule has 1 heterocycles. The summed E-state index contributed by atoms with van der Waals surface area (Å²) >= 11 is 2.12. The molecular formula is C14H27NS. The number of hydrogen-bond acceptors (Lipinski definition) is 2. The average Bonchev–Trinajstić information content (AvgIpc) is 2.42. The molecule has 2 heteroatoms. The maximum Gasteiger partial charge on any atom is 0.00853 e. The summed E-state index contributed by atoms with van der Waals surface area (Å²) in [5.74, 6) is 2.74. The van der Waals surface area contributed by atoms with E-state index >= 15 is 0 Å². The third-order valence-corrected chi connectivity index (χ3v) is 5.32. The first kappa shape index (κ1) is 12.8. The van der Waals surface area contributed by atoms with E-state index in [0.29, 0.717) is 5.41 Å². The molecule has 0 aromatic heterocycles. The molecule has 2 aliphatic rings. The SMILES string of the molecule is CC1(C)CCCC(NC2CCSCC2)CC1. The molecule has 2 fully saturated rings. The van der Waals surface area contributed by atoms with E-state index in [-0.39, 0.29) is 0 Å². The predicted molar refractivity (Wildman–Crippen MR) is 74.1 cm³/mol. The fraction of sp³-hybridized carbons (Fsp3) is 1.00. The molecule has 1 saturated carbocycles. The van der Waals surface area contributed by atoms with Crippen molar-refractivity contribution >= 4 is 11.8 Å². The highest BCUT2D eigenvalue weighted by Crippen LogP contribution is 2.34. The Kier molecular flexibility index (Phi) is 4.60. The second-order valence-electron chi connectivity index (χ2n) is 6.35. The van der Waals surface area contributed by atoms with Gasteiger partial charge in [0.25, 0.3) is 0 Å². The molecule has 0 amide bonds. The van der Waals surface area contributed by atoms with Crippen molar-refractivity contribution in [2.24, 2.45) is 5.41 Å². The van der Waals surface area contributed by atoms with Crippen molar-refractivity contribution in [2.45, 2.75) is 70.9 Å². The fourth-order valence-corrected chi connectivity index (χ4v) is 4.13. The molecule has 0 spiro atoms. The molecule has 0 bridgehead atoms. The summed E-state index contributed by atoms with van der Waals surface area (Å²) in [6, 6.07) is 1.64. The zero-order valence-electron chi connectivity index (χ0n) is 10.9. The van der Waals surface area contributed by atoms with Crippen LogP contribution in [0.15, 0.2) is 0 Å². The smallest absolute Gasteiger partial charge is 0.00853 e. The van der Waals surface area contributed by atoms with Crippen LogP contribution >= 0.6 is 11.8 Å². The highest BCUT2D eigenvalue weighted by atomic mass is 32.2. The summed E-state index contributed by atoms with van der Waals surface area (Å²) in [4.78, 5) is 0. The first-order chi connectivity index (χ1) is 7.66. The van der Waals surface area contributed by atoms with Crippen molar-refractivity contribution in [2.75, 3.05) is 11.5 Å². The van der Waals surface area contributed by atoms with Crippen LogP contribution in [0.4, 0.5) is 0 Å². The van der Waals surface area contributed by atoms with Gasteiger partial charge in [-0.3, -0.25) is 0 Å². The summed E-state index contributed by atoms with van der Waals surface area (Å²) in [5, 5.41) is 3.92. The van der Waals surface area contributed by atoms with E-state index in [1.165, 1.54) is 56.5 Å². The molecule has 1 aliphatic heterocycles. The van der Waals surface area contributed by atoms with Gasteiger partial charge in [-0.05, 0) is 55.4 Å². The third kappa shape index (κ3) is 3.96. The summed E-state index contributed by atoms with van der Waals surface area (Å²) in [5.41, 5.74) is 0.596.